The van der Waals surface area contributed by atoms with Gasteiger partial charge in [-0.05, 0) is 63.9 Å². The first-order chi connectivity index (χ1) is 17.2. The first-order valence-electron chi connectivity index (χ1n) is 11.7. The highest BCUT2D eigenvalue weighted by molar-refractivity contribution is 6.01. The molecule has 0 spiro atoms. The Bertz CT molecular complexity index is 1570. The maximum atomic E-state index is 9.94. The molecular formula is C32H25NO2. The standard InChI is InChI=1S/C32H25NO2/c1-2-34-32-20-23(18-28(21-33)30-13-7-11-26-9-5-6-12-29(26)30)15-17-31(32)35-22-24-14-16-25-8-3-4-10-27(25)19-24/h3-20H,2,22H2,1H3/b28-18-. The molecule has 0 fully saturated rings. The minimum absolute atomic E-state index is 0.444. The van der Waals surface area contributed by atoms with Crippen LogP contribution < -0.4 is 9.47 Å². The van der Waals surface area contributed by atoms with Crippen molar-refractivity contribution in [3.8, 4) is 17.6 Å². The highest BCUT2D eigenvalue weighted by Crippen LogP contribution is 2.32. The van der Waals surface area contributed by atoms with Gasteiger partial charge in [0.25, 0.3) is 0 Å². The van der Waals surface area contributed by atoms with Crippen LogP contribution in [-0.4, -0.2) is 6.61 Å². The van der Waals surface area contributed by atoms with Crippen LogP contribution in [0.25, 0.3) is 33.2 Å². The van der Waals surface area contributed by atoms with E-state index < -0.39 is 0 Å². The van der Waals surface area contributed by atoms with Crippen LogP contribution in [0.15, 0.2) is 103 Å². The minimum Gasteiger partial charge on any atom is -0.490 e. The zero-order chi connectivity index (χ0) is 24.0. The van der Waals surface area contributed by atoms with Gasteiger partial charge in [0.05, 0.1) is 18.2 Å². The van der Waals surface area contributed by atoms with Crippen molar-refractivity contribution in [1.82, 2.24) is 0 Å². The summed E-state index contributed by atoms with van der Waals surface area (Å²) < 4.78 is 12.0. The predicted octanol–water partition coefficient (Wildman–Crippen LogP) is 8.03. The Morgan fingerprint density at radius 3 is 2.34 bits per heavy atom. The Kier molecular flexibility index (Phi) is 6.46. The molecule has 0 aliphatic rings. The number of allylic oxidation sites excluding steroid dienone is 1. The van der Waals surface area contributed by atoms with Crippen molar-refractivity contribution in [2.75, 3.05) is 6.61 Å². The third kappa shape index (κ3) is 4.88. The molecule has 0 aromatic heterocycles. The van der Waals surface area contributed by atoms with Crippen molar-refractivity contribution >= 4 is 33.2 Å². The highest BCUT2D eigenvalue weighted by atomic mass is 16.5. The Hall–Kier alpha value is -4.55. The molecule has 0 unspecified atom stereocenters. The largest absolute Gasteiger partial charge is 0.490 e. The predicted molar refractivity (Wildman–Crippen MR) is 143 cm³/mol. The zero-order valence-corrected chi connectivity index (χ0v) is 19.6. The number of ether oxygens (including phenoxy) is 2. The number of hydrogen-bond acceptors (Lipinski definition) is 3. The van der Waals surface area contributed by atoms with Gasteiger partial charge in [-0.15, -0.1) is 0 Å². The molecule has 0 amide bonds. The van der Waals surface area contributed by atoms with E-state index in [1.165, 1.54) is 10.8 Å². The van der Waals surface area contributed by atoms with Gasteiger partial charge >= 0.3 is 0 Å². The molecule has 0 heterocycles. The molecule has 0 atom stereocenters. The smallest absolute Gasteiger partial charge is 0.161 e. The molecule has 5 aromatic carbocycles. The highest BCUT2D eigenvalue weighted by Gasteiger charge is 2.10. The fourth-order valence-corrected chi connectivity index (χ4v) is 4.29. The Morgan fingerprint density at radius 1 is 0.743 bits per heavy atom. The number of fused-ring (bicyclic) bond motifs is 2. The summed E-state index contributed by atoms with van der Waals surface area (Å²) in [6, 6.07) is 37.0. The van der Waals surface area contributed by atoms with Gasteiger partial charge in [0.15, 0.2) is 11.5 Å². The molecule has 3 nitrogen and oxygen atoms in total. The lowest BCUT2D eigenvalue weighted by Crippen LogP contribution is -2.00. The van der Waals surface area contributed by atoms with E-state index in [-0.39, 0.29) is 0 Å². The van der Waals surface area contributed by atoms with Crippen LogP contribution in [0.4, 0.5) is 0 Å². The number of rotatable bonds is 7. The summed E-state index contributed by atoms with van der Waals surface area (Å²) in [5.74, 6) is 1.35. The van der Waals surface area contributed by atoms with E-state index in [1.54, 1.807) is 0 Å². The van der Waals surface area contributed by atoms with Crippen LogP contribution in [0.3, 0.4) is 0 Å². The lowest BCUT2D eigenvalue weighted by molar-refractivity contribution is 0.269. The fraction of sp³-hybridized carbons (Fsp3) is 0.0938. The van der Waals surface area contributed by atoms with E-state index >= 15 is 0 Å². The van der Waals surface area contributed by atoms with Crippen LogP contribution in [0, 0.1) is 11.3 Å². The van der Waals surface area contributed by atoms with E-state index in [0.717, 1.165) is 27.5 Å². The summed E-state index contributed by atoms with van der Waals surface area (Å²) >= 11 is 0. The van der Waals surface area contributed by atoms with Crippen molar-refractivity contribution in [3.63, 3.8) is 0 Å². The van der Waals surface area contributed by atoms with Crippen LogP contribution in [0.1, 0.15) is 23.6 Å². The third-order valence-corrected chi connectivity index (χ3v) is 5.99. The number of nitrogens with zero attached hydrogens (tertiary/aromatic N) is 1. The molecule has 0 aliphatic carbocycles. The Labute approximate surface area is 205 Å². The van der Waals surface area contributed by atoms with Crippen LogP contribution >= 0.6 is 0 Å². The van der Waals surface area contributed by atoms with Crippen molar-refractivity contribution in [2.24, 2.45) is 0 Å². The maximum Gasteiger partial charge on any atom is 0.161 e. The van der Waals surface area contributed by atoms with E-state index in [4.69, 9.17) is 9.47 Å². The lowest BCUT2D eigenvalue weighted by Gasteiger charge is -2.13. The molecule has 170 valence electrons. The Morgan fingerprint density at radius 2 is 1.51 bits per heavy atom. The maximum absolute atomic E-state index is 9.94. The third-order valence-electron chi connectivity index (χ3n) is 5.99. The summed E-state index contributed by atoms with van der Waals surface area (Å²) in [5, 5.41) is 14.5. The van der Waals surface area contributed by atoms with Gasteiger partial charge in [-0.1, -0.05) is 84.9 Å². The normalized spacial score (nSPS) is 11.4. The second-order valence-corrected chi connectivity index (χ2v) is 8.31. The summed E-state index contributed by atoms with van der Waals surface area (Å²) in [5.41, 5.74) is 3.50. The average Bonchev–Trinajstić information content (AvgIpc) is 2.91. The summed E-state index contributed by atoms with van der Waals surface area (Å²) in [4.78, 5) is 0. The fourth-order valence-electron chi connectivity index (χ4n) is 4.29. The minimum atomic E-state index is 0.444. The number of hydrogen-bond donors (Lipinski definition) is 0. The molecular weight excluding hydrogens is 430 g/mol. The van der Waals surface area contributed by atoms with Crippen molar-refractivity contribution in [1.29, 1.82) is 5.26 Å². The van der Waals surface area contributed by atoms with Crippen molar-refractivity contribution in [2.45, 2.75) is 13.5 Å². The first-order valence-corrected chi connectivity index (χ1v) is 11.7. The van der Waals surface area contributed by atoms with E-state index in [2.05, 4.69) is 48.5 Å². The second-order valence-electron chi connectivity index (χ2n) is 8.31. The number of benzene rings is 5. The van der Waals surface area contributed by atoms with E-state index in [9.17, 15) is 5.26 Å². The average molecular weight is 456 g/mol. The molecule has 3 heteroatoms. The van der Waals surface area contributed by atoms with E-state index in [1.807, 2.05) is 73.7 Å². The zero-order valence-electron chi connectivity index (χ0n) is 19.6. The Balaban J connectivity index is 1.43. The van der Waals surface area contributed by atoms with Crippen LogP contribution in [0.2, 0.25) is 0 Å². The molecule has 0 N–H and O–H groups in total. The molecule has 0 bridgehead atoms. The van der Waals surface area contributed by atoms with Gasteiger partial charge in [-0.3, -0.25) is 0 Å². The summed E-state index contributed by atoms with van der Waals surface area (Å²) in [6.45, 7) is 2.92. The van der Waals surface area contributed by atoms with Gasteiger partial charge in [-0.25, -0.2) is 0 Å². The van der Waals surface area contributed by atoms with Gasteiger partial charge in [-0.2, -0.15) is 5.26 Å². The van der Waals surface area contributed by atoms with E-state index in [0.29, 0.717) is 30.3 Å². The van der Waals surface area contributed by atoms with Gasteiger partial charge < -0.3 is 9.47 Å². The molecule has 0 aliphatic heterocycles. The molecule has 35 heavy (non-hydrogen) atoms. The van der Waals surface area contributed by atoms with Gasteiger partial charge in [0, 0.05) is 5.56 Å². The summed E-state index contributed by atoms with van der Waals surface area (Å²) in [7, 11) is 0. The second kappa shape index (κ2) is 10.2. The van der Waals surface area contributed by atoms with Crippen LogP contribution in [-0.2, 0) is 6.61 Å². The molecule has 0 saturated heterocycles. The molecule has 0 radical (unpaired) electrons. The topological polar surface area (TPSA) is 42.2 Å². The molecule has 5 rings (SSSR count). The molecule has 0 saturated carbocycles. The SMILES string of the molecule is CCOc1cc(/C=C(/C#N)c2cccc3ccccc23)ccc1OCc1ccc2ccccc2c1. The van der Waals surface area contributed by atoms with Crippen molar-refractivity contribution < 1.29 is 9.47 Å². The van der Waals surface area contributed by atoms with Crippen molar-refractivity contribution in [3.05, 3.63) is 120 Å². The molecule has 5 aromatic rings. The lowest BCUT2D eigenvalue weighted by atomic mass is 9.97. The number of nitriles is 1. The van der Waals surface area contributed by atoms with Gasteiger partial charge in [0.2, 0.25) is 0 Å². The monoisotopic (exact) mass is 455 g/mol. The summed E-state index contributed by atoms with van der Waals surface area (Å²) in [6.07, 6.45) is 1.90. The van der Waals surface area contributed by atoms with Gasteiger partial charge in [0.1, 0.15) is 6.61 Å². The quantitative estimate of drug-likeness (QED) is 0.184. The first kappa shape index (κ1) is 22.3. The van der Waals surface area contributed by atoms with Crippen LogP contribution in [0.5, 0.6) is 11.5 Å².